The molecule has 0 radical (unpaired) electrons. The van der Waals surface area contributed by atoms with Gasteiger partial charge in [-0.1, -0.05) is 24.6 Å². The normalized spacial score (nSPS) is 13.7. The summed E-state index contributed by atoms with van der Waals surface area (Å²) in [7, 11) is 1.71. The van der Waals surface area contributed by atoms with Gasteiger partial charge >= 0.3 is 0 Å². The van der Waals surface area contributed by atoms with Crippen LogP contribution in [0.1, 0.15) is 37.9 Å². The molecule has 132 valence electrons. The zero-order valence-corrected chi connectivity index (χ0v) is 18.1. The quantitative estimate of drug-likeness (QED) is 0.374. The van der Waals surface area contributed by atoms with Crippen LogP contribution in [0.5, 0.6) is 5.75 Å². The molecule has 23 heavy (non-hydrogen) atoms. The Morgan fingerprint density at radius 2 is 2.04 bits per heavy atom. The number of aliphatic imine (C=N–C) groups is 1. The first-order chi connectivity index (χ1) is 10.5. The van der Waals surface area contributed by atoms with Crippen molar-refractivity contribution in [3.05, 3.63) is 29.3 Å². The van der Waals surface area contributed by atoms with Gasteiger partial charge in [-0.25, -0.2) is 0 Å². The molecular formula is C17H30IN3OS. The highest BCUT2D eigenvalue weighted by Gasteiger charge is 2.13. The molecule has 0 aliphatic heterocycles. The summed E-state index contributed by atoms with van der Waals surface area (Å²) in [6.45, 7) is 10.1. The Labute approximate surface area is 162 Å². The first-order valence-electron chi connectivity index (χ1n) is 7.74. The molecular weight excluding hydrogens is 421 g/mol. The maximum Gasteiger partial charge on any atom is 0.191 e. The fraction of sp³-hybridized carbons (Fsp3) is 0.588. The molecule has 0 saturated carbocycles. The Morgan fingerprint density at radius 1 is 1.35 bits per heavy atom. The van der Waals surface area contributed by atoms with Gasteiger partial charge in [-0.2, -0.15) is 11.8 Å². The van der Waals surface area contributed by atoms with Crippen molar-refractivity contribution in [2.24, 2.45) is 4.99 Å². The minimum absolute atomic E-state index is 0. The summed E-state index contributed by atoms with van der Waals surface area (Å²) >= 11 is 1.83. The summed E-state index contributed by atoms with van der Waals surface area (Å²) in [5.41, 5.74) is 2.37. The summed E-state index contributed by atoms with van der Waals surface area (Å²) in [6.07, 6.45) is 2.11. The highest BCUT2D eigenvalue weighted by Crippen LogP contribution is 2.25. The lowest BCUT2D eigenvalue weighted by molar-refractivity contribution is 0.405. The number of nitrogens with one attached hydrogen (secondary N) is 2. The molecule has 1 aromatic carbocycles. The van der Waals surface area contributed by atoms with Crippen molar-refractivity contribution < 1.29 is 4.74 Å². The number of hydrogen-bond donors (Lipinski definition) is 2. The van der Waals surface area contributed by atoms with Crippen LogP contribution in [-0.2, 0) is 0 Å². The van der Waals surface area contributed by atoms with E-state index in [1.54, 1.807) is 7.11 Å². The monoisotopic (exact) mass is 451 g/mol. The van der Waals surface area contributed by atoms with E-state index < -0.39 is 0 Å². The predicted molar refractivity (Wildman–Crippen MR) is 114 cm³/mol. The van der Waals surface area contributed by atoms with E-state index in [0.29, 0.717) is 5.25 Å². The summed E-state index contributed by atoms with van der Waals surface area (Å²) in [6, 6.07) is 6.36. The third-order valence-electron chi connectivity index (χ3n) is 3.46. The molecule has 1 rings (SSSR count). The van der Waals surface area contributed by atoms with Gasteiger partial charge in [-0.3, -0.25) is 4.99 Å². The Morgan fingerprint density at radius 3 is 2.61 bits per heavy atom. The molecule has 6 heteroatoms. The van der Waals surface area contributed by atoms with Gasteiger partial charge in [0, 0.05) is 17.4 Å². The summed E-state index contributed by atoms with van der Waals surface area (Å²) in [5, 5.41) is 7.28. The van der Waals surface area contributed by atoms with Crippen LogP contribution in [0.4, 0.5) is 0 Å². The number of benzene rings is 1. The summed E-state index contributed by atoms with van der Waals surface area (Å²) in [5.74, 6) is 1.75. The molecule has 1 aromatic rings. The van der Waals surface area contributed by atoms with E-state index >= 15 is 0 Å². The van der Waals surface area contributed by atoms with Crippen molar-refractivity contribution in [1.82, 2.24) is 10.6 Å². The van der Waals surface area contributed by atoms with E-state index in [0.717, 1.165) is 30.4 Å². The fourth-order valence-electron chi connectivity index (χ4n) is 2.09. The van der Waals surface area contributed by atoms with Crippen LogP contribution in [0.3, 0.4) is 0 Å². The number of guanidine groups is 1. The van der Waals surface area contributed by atoms with Crippen LogP contribution >= 0.6 is 35.7 Å². The van der Waals surface area contributed by atoms with Gasteiger partial charge in [0.05, 0.1) is 19.7 Å². The summed E-state index contributed by atoms with van der Waals surface area (Å²) in [4.78, 5) is 4.66. The molecule has 0 fully saturated rings. The highest BCUT2D eigenvalue weighted by atomic mass is 127. The SMILES string of the molecule is CCNC(=NCC(C)SC)NC(C)c1cc(C)ccc1OC.I. The van der Waals surface area contributed by atoms with Gasteiger partial charge in [-0.05, 0) is 33.1 Å². The van der Waals surface area contributed by atoms with Crippen LogP contribution < -0.4 is 15.4 Å². The van der Waals surface area contributed by atoms with Crippen molar-refractivity contribution in [3.8, 4) is 5.75 Å². The van der Waals surface area contributed by atoms with Crippen molar-refractivity contribution >= 4 is 41.7 Å². The Kier molecular flexibility index (Phi) is 11.5. The Hall–Kier alpha value is -0.630. The lowest BCUT2D eigenvalue weighted by Gasteiger charge is -2.21. The van der Waals surface area contributed by atoms with E-state index in [2.05, 4.69) is 61.7 Å². The topological polar surface area (TPSA) is 45.7 Å². The second kappa shape index (κ2) is 11.8. The van der Waals surface area contributed by atoms with Crippen LogP contribution in [-0.4, -0.2) is 37.7 Å². The fourth-order valence-corrected chi connectivity index (χ4v) is 2.31. The van der Waals surface area contributed by atoms with E-state index in [1.165, 1.54) is 5.56 Å². The standard InChI is InChI=1S/C17H29N3OS.HI/c1-7-18-17(19-11-13(3)22-6)20-14(4)15-10-12(2)8-9-16(15)21-5;/h8-10,13-14H,7,11H2,1-6H3,(H2,18,19,20);1H. The number of nitrogens with zero attached hydrogens (tertiary/aromatic N) is 1. The van der Waals surface area contributed by atoms with Gasteiger partial charge in [0.1, 0.15) is 5.75 Å². The average Bonchev–Trinajstić information content (AvgIpc) is 2.52. The number of methoxy groups -OCH3 is 1. The second-order valence-electron chi connectivity index (χ2n) is 5.38. The van der Waals surface area contributed by atoms with E-state index in [4.69, 9.17) is 4.74 Å². The largest absolute Gasteiger partial charge is 0.496 e. The minimum Gasteiger partial charge on any atom is -0.496 e. The molecule has 0 saturated heterocycles. The zero-order valence-electron chi connectivity index (χ0n) is 15.0. The van der Waals surface area contributed by atoms with Gasteiger partial charge in [0.25, 0.3) is 0 Å². The molecule has 2 unspecified atom stereocenters. The number of halogens is 1. The van der Waals surface area contributed by atoms with Gasteiger partial charge in [-0.15, -0.1) is 24.0 Å². The number of ether oxygens (including phenoxy) is 1. The highest BCUT2D eigenvalue weighted by molar-refractivity contribution is 14.0. The third kappa shape index (κ3) is 7.65. The molecule has 0 aliphatic carbocycles. The van der Waals surface area contributed by atoms with Crippen LogP contribution in [0.25, 0.3) is 0 Å². The lowest BCUT2D eigenvalue weighted by atomic mass is 10.0. The maximum absolute atomic E-state index is 5.47. The first kappa shape index (κ1) is 22.4. The lowest BCUT2D eigenvalue weighted by Crippen LogP contribution is -2.39. The third-order valence-corrected chi connectivity index (χ3v) is 4.41. The predicted octanol–water partition coefficient (Wildman–Crippen LogP) is 3.99. The van der Waals surface area contributed by atoms with Crippen LogP contribution in [0, 0.1) is 6.92 Å². The number of rotatable bonds is 7. The summed E-state index contributed by atoms with van der Waals surface area (Å²) < 4.78 is 5.47. The second-order valence-corrected chi connectivity index (χ2v) is 6.65. The average molecular weight is 451 g/mol. The van der Waals surface area contributed by atoms with Crippen molar-refractivity contribution in [2.45, 2.75) is 39.0 Å². The van der Waals surface area contributed by atoms with Gasteiger partial charge < -0.3 is 15.4 Å². The van der Waals surface area contributed by atoms with E-state index in [9.17, 15) is 0 Å². The molecule has 2 N–H and O–H groups in total. The molecule has 0 spiro atoms. The van der Waals surface area contributed by atoms with E-state index in [1.807, 2.05) is 17.8 Å². The van der Waals surface area contributed by atoms with Crippen molar-refractivity contribution in [2.75, 3.05) is 26.5 Å². The molecule has 0 heterocycles. The minimum atomic E-state index is 0. The molecule has 4 nitrogen and oxygen atoms in total. The van der Waals surface area contributed by atoms with Gasteiger partial charge in [0.2, 0.25) is 0 Å². The smallest absolute Gasteiger partial charge is 0.191 e. The molecule has 0 aliphatic rings. The number of thioether (sulfide) groups is 1. The molecule has 0 amide bonds. The van der Waals surface area contributed by atoms with Crippen LogP contribution in [0.15, 0.2) is 23.2 Å². The Bertz CT molecular complexity index is 497. The zero-order chi connectivity index (χ0) is 16.5. The van der Waals surface area contributed by atoms with Crippen molar-refractivity contribution in [1.29, 1.82) is 0 Å². The number of hydrogen-bond acceptors (Lipinski definition) is 3. The number of aryl methyl sites for hydroxylation is 1. The van der Waals surface area contributed by atoms with Crippen LogP contribution in [0.2, 0.25) is 0 Å². The van der Waals surface area contributed by atoms with Crippen molar-refractivity contribution in [3.63, 3.8) is 0 Å². The molecule has 2 atom stereocenters. The maximum atomic E-state index is 5.47. The Balaban J connectivity index is 0.00000484. The molecule has 0 bridgehead atoms. The molecule has 0 aromatic heterocycles. The van der Waals surface area contributed by atoms with Gasteiger partial charge in [0.15, 0.2) is 5.96 Å². The first-order valence-corrected chi connectivity index (χ1v) is 9.02. The van der Waals surface area contributed by atoms with E-state index in [-0.39, 0.29) is 30.0 Å².